The van der Waals surface area contributed by atoms with Gasteiger partial charge >= 0.3 is 0 Å². The van der Waals surface area contributed by atoms with Gasteiger partial charge in [-0.1, -0.05) is 115 Å². The number of nitrogens with zero attached hydrogens (tertiary/aromatic N) is 2. The molecule has 0 radical (unpaired) electrons. The second kappa shape index (κ2) is 22.9. The van der Waals surface area contributed by atoms with Crippen molar-refractivity contribution in [1.29, 1.82) is 0 Å². The minimum Gasteiger partial charge on any atom is -0.361 e. The average Bonchev–Trinajstić information content (AvgIpc) is 2.98. The van der Waals surface area contributed by atoms with Gasteiger partial charge < -0.3 is 9.47 Å². The quantitative estimate of drug-likeness (QED) is 0.0904. The molecule has 0 aliphatic heterocycles. The van der Waals surface area contributed by atoms with Crippen molar-refractivity contribution in [3.05, 3.63) is 59.7 Å². The monoisotopic (exact) mass is 552 g/mol. The fourth-order valence-corrected chi connectivity index (χ4v) is 5.04. The normalized spacial score (nSPS) is 11.7. The van der Waals surface area contributed by atoms with Crippen molar-refractivity contribution in [1.82, 2.24) is 9.80 Å². The largest absolute Gasteiger partial charge is 0.361 e. The minimum atomic E-state index is 0.653. The molecule has 0 saturated carbocycles. The number of hydrogen-bond acceptors (Lipinski definition) is 4. The topological polar surface area (TPSA) is 24.9 Å². The second-order valence-corrected chi connectivity index (χ2v) is 11.4. The molecule has 0 aromatic heterocycles. The summed E-state index contributed by atoms with van der Waals surface area (Å²) in [4.78, 5) is 4.97. The van der Waals surface area contributed by atoms with E-state index in [1.54, 1.807) is 0 Å². The number of rotatable bonds is 25. The molecule has 40 heavy (non-hydrogen) atoms. The summed E-state index contributed by atoms with van der Waals surface area (Å²) in [6, 6.07) is 17.6. The fraction of sp³-hybridized carbons (Fsp3) is 0.667. The minimum absolute atomic E-state index is 0.653. The molecule has 0 unspecified atom stereocenters. The van der Waals surface area contributed by atoms with Gasteiger partial charge in [0.05, 0.1) is 26.7 Å². The van der Waals surface area contributed by atoms with Crippen molar-refractivity contribution in [2.45, 2.75) is 118 Å². The Balaban J connectivity index is 1.87. The number of ether oxygens (including phenoxy) is 2. The molecular formula is C36H60N2O2. The van der Waals surface area contributed by atoms with E-state index in [0.29, 0.717) is 13.2 Å². The number of benzene rings is 2. The molecule has 0 heterocycles. The third-order valence-electron chi connectivity index (χ3n) is 7.58. The standard InChI is InChI=1S/C36H60N2O2/c1-5-9-13-15-25-37(23-11-7-3)31-39-29-33-19-17-21-35(27-33)36-22-18-20-34(28-36)30-40-32-38(24-12-8-4)26-16-14-10-6-2/h17-22,27-28H,5-16,23-26,29-32H2,1-4H3. The summed E-state index contributed by atoms with van der Waals surface area (Å²) in [6.45, 7) is 16.4. The highest BCUT2D eigenvalue weighted by molar-refractivity contribution is 5.64. The van der Waals surface area contributed by atoms with Crippen LogP contribution in [-0.2, 0) is 22.7 Å². The van der Waals surface area contributed by atoms with Crippen LogP contribution in [0.2, 0.25) is 0 Å². The average molecular weight is 553 g/mol. The maximum absolute atomic E-state index is 6.20. The second-order valence-electron chi connectivity index (χ2n) is 11.4. The van der Waals surface area contributed by atoms with Gasteiger partial charge in [-0.15, -0.1) is 0 Å². The van der Waals surface area contributed by atoms with Crippen molar-refractivity contribution >= 4 is 0 Å². The maximum Gasteiger partial charge on any atom is 0.0994 e. The van der Waals surface area contributed by atoms with Crippen LogP contribution in [0.5, 0.6) is 0 Å². The first-order valence-corrected chi connectivity index (χ1v) is 16.5. The molecule has 0 atom stereocenters. The molecule has 2 rings (SSSR count). The highest BCUT2D eigenvalue weighted by Crippen LogP contribution is 2.22. The van der Waals surface area contributed by atoms with Gasteiger partial charge in [0, 0.05) is 26.2 Å². The lowest BCUT2D eigenvalue weighted by Crippen LogP contribution is -2.28. The molecule has 0 aliphatic carbocycles. The molecule has 0 aliphatic rings. The highest BCUT2D eigenvalue weighted by Gasteiger charge is 2.08. The summed E-state index contributed by atoms with van der Waals surface area (Å²) in [6.07, 6.45) is 15.4. The zero-order chi connectivity index (χ0) is 28.7. The van der Waals surface area contributed by atoms with Gasteiger partial charge in [-0.3, -0.25) is 9.80 Å². The summed E-state index contributed by atoms with van der Waals surface area (Å²) < 4.78 is 12.4. The summed E-state index contributed by atoms with van der Waals surface area (Å²) >= 11 is 0. The van der Waals surface area contributed by atoms with Crippen LogP contribution in [0, 0.1) is 0 Å². The molecular weight excluding hydrogens is 492 g/mol. The third kappa shape index (κ3) is 15.3. The smallest absolute Gasteiger partial charge is 0.0994 e. The third-order valence-corrected chi connectivity index (χ3v) is 7.58. The van der Waals surface area contributed by atoms with E-state index in [-0.39, 0.29) is 0 Å². The Kier molecular flexibility index (Phi) is 19.7. The van der Waals surface area contributed by atoms with Gasteiger partial charge in [0.2, 0.25) is 0 Å². The van der Waals surface area contributed by atoms with Crippen LogP contribution < -0.4 is 0 Å². The molecule has 0 N–H and O–H groups in total. The first kappa shape index (κ1) is 34.5. The Bertz CT molecular complexity index is 800. The van der Waals surface area contributed by atoms with Crippen LogP contribution in [0.15, 0.2) is 48.5 Å². The van der Waals surface area contributed by atoms with E-state index in [0.717, 1.165) is 39.6 Å². The van der Waals surface area contributed by atoms with Crippen molar-refractivity contribution in [3.63, 3.8) is 0 Å². The van der Waals surface area contributed by atoms with Gasteiger partial charge in [0.25, 0.3) is 0 Å². The van der Waals surface area contributed by atoms with Crippen LogP contribution in [0.1, 0.15) is 116 Å². The molecule has 226 valence electrons. The lowest BCUT2D eigenvalue weighted by molar-refractivity contribution is 0.0170. The Hall–Kier alpha value is -1.72. The summed E-state index contributed by atoms with van der Waals surface area (Å²) in [5.41, 5.74) is 4.95. The Labute approximate surface area is 247 Å². The first-order valence-electron chi connectivity index (χ1n) is 16.5. The maximum atomic E-state index is 6.20. The molecule has 0 fully saturated rings. The molecule has 0 bridgehead atoms. The molecule has 4 heteroatoms. The molecule has 2 aromatic rings. The van der Waals surface area contributed by atoms with Gasteiger partial charge in [-0.05, 0) is 60.1 Å². The van der Waals surface area contributed by atoms with Gasteiger partial charge in [0.1, 0.15) is 0 Å². The molecule has 0 saturated heterocycles. The number of hydrogen-bond donors (Lipinski definition) is 0. The molecule has 0 spiro atoms. The van der Waals surface area contributed by atoms with Gasteiger partial charge in [-0.2, -0.15) is 0 Å². The Morgan fingerprint density at radius 2 is 0.875 bits per heavy atom. The van der Waals surface area contributed by atoms with E-state index in [9.17, 15) is 0 Å². The van der Waals surface area contributed by atoms with Crippen molar-refractivity contribution < 1.29 is 9.47 Å². The zero-order valence-corrected chi connectivity index (χ0v) is 26.5. The van der Waals surface area contributed by atoms with E-state index in [1.807, 2.05) is 0 Å². The van der Waals surface area contributed by atoms with Crippen LogP contribution >= 0.6 is 0 Å². The first-order chi connectivity index (χ1) is 19.7. The van der Waals surface area contributed by atoms with Crippen LogP contribution in [0.25, 0.3) is 11.1 Å². The van der Waals surface area contributed by atoms with Gasteiger partial charge in [0.15, 0.2) is 0 Å². The van der Waals surface area contributed by atoms with E-state index in [4.69, 9.17) is 9.47 Å². The lowest BCUT2D eigenvalue weighted by Gasteiger charge is -2.22. The van der Waals surface area contributed by atoms with E-state index in [2.05, 4.69) is 86.0 Å². The highest BCUT2D eigenvalue weighted by atomic mass is 16.5. The zero-order valence-electron chi connectivity index (χ0n) is 26.5. The van der Waals surface area contributed by atoms with Crippen LogP contribution in [-0.4, -0.2) is 49.4 Å². The summed E-state index contributed by atoms with van der Waals surface area (Å²) in [5.74, 6) is 0. The van der Waals surface area contributed by atoms with Crippen molar-refractivity contribution in [3.8, 4) is 11.1 Å². The van der Waals surface area contributed by atoms with Crippen LogP contribution in [0.4, 0.5) is 0 Å². The SMILES string of the molecule is CCCCCCN(CCCC)COCc1cccc(-c2cccc(COCN(CCCC)CCCCCC)c2)c1. The van der Waals surface area contributed by atoms with Crippen molar-refractivity contribution in [2.75, 3.05) is 39.6 Å². The fourth-order valence-electron chi connectivity index (χ4n) is 5.04. The van der Waals surface area contributed by atoms with E-state index in [1.165, 1.54) is 99.3 Å². The van der Waals surface area contributed by atoms with Gasteiger partial charge in [-0.25, -0.2) is 0 Å². The van der Waals surface area contributed by atoms with Crippen LogP contribution in [0.3, 0.4) is 0 Å². The summed E-state index contributed by atoms with van der Waals surface area (Å²) in [7, 11) is 0. The summed E-state index contributed by atoms with van der Waals surface area (Å²) in [5, 5.41) is 0. The molecule has 0 amide bonds. The Morgan fingerprint density at radius 1 is 0.475 bits per heavy atom. The Morgan fingerprint density at radius 3 is 1.27 bits per heavy atom. The molecule has 2 aromatic carbocycles. The van der Waals surface area contributed by atoms with E-state index >= 15 is 0 Å². The van der Waals surface area contributed by atoms with Crippen molar-refractivity contribution in [2.24, 2.45) is 0 Å². The lowest BCUT2D eigenvalue weighted by atomic mass is 10.0. The van der Waals surface area contributed by atoms with E-state index < -0.39 is 0 Å². The predicted molar refractivity (Wildman–Crippen MR) is 172 cm³/mol. The molecule has 4 nitrogen and oxygen atoms in total. The predicted octanol–water partition coefficient (Wildman–Crippen LogP) is 9.67. The number of unbranched alkanes of at least 4 members (excludes halogenated alkanes) is 8.